The van der Waals surface area contributed by atoms with Gasteiger partial charge in [0, 0.05) is 12.6 Å². The summed E-state index contributed by atoms with van der Waals surface area (Å²) in [4.78, 5) is 23.3. The number of nitrogens with one attached hydrogen (secondary N) is 1. The van der Waals surface area contributed by atoms with Crippen LogP contribution in [0.2, 0.25) is 0 Å². The highest BCUT2D eigenvalue weighted by Gasteiger charge is 2.39. The third-order valence-corrected chi connectivity index (χ3v) is 3.91. The third-order valence-electron chi connectivity index (χ3n) is 3.91. The molecule has 6 nitrogen and oxygen atoms in total. The van der Waals surface area contributed by atoms with E-state index in [1.54, 1.807) is 13.0 Å². The Morgan fingerprint density at radius 3 is 2.65 bits per heavy atom. The molecular formula is C14H20N2O4. The molecule has 110 valence electrons. The summed E-state index contributed by atoms with van der Waals surface area (Å²) in [5.74, 6) is -0.374. The maximum Gasteiger partial charge on any atom is 0.311 e. The summed E-state index contributed by atoms with van der Waals surface area (Å²) in [6, 6.07) is 1.70. The Hall–Kier alpha value is -1.85. The highest BCUT2D eigenvalue weighted by molar-refractivity contribution is 5.80. The maximum atomic E-state index is 11.8. The lowest BCUT2D eigenvalue weighted by Gasteiger charge is -2.33. The molecule has 0 unspecified atom stereocenters. The van der Waals surface area contributed by atoms with Gasteiger partial charge in [-0.15, -0.1) is 0 Å². The number of aromatic nitrogens is 1. The molecule has 1 amide bonds. The van der Waals surface area contributed by atoms with Crippen LogP contribution in [0.15, 0.2) is 10.6 Å². The van der Waals surface area contributed by atoms with Gasteiger partial charge < -0.3 is 14.9 Å². The fraction of sp³-hybridized carbons (Fsp3) is 0.643. The Bertz CT molecular complexity index is 489. The normalized spacial score (nSPS) is 17.6. The molecule has 0 aromatic carbocycles. The van der Waals surface area contributed by atoms with Gasteiger partial charge in [-0.25, -0.2) is 0 Å². The molecular weight excluding hydrogens is 260 g/mol. The average molecular weight is 280 g/mol. The van der Waals surface area contributed by atoms with E-state index < -0.39 is 11.4 Å². The number of rotatable bonds is 5. The Kier molecular flexibility index (Phi) is 4.42. The minimum atomic E-state index is -0.810. The molecule has 6 heteroatoms. The lowest BCUT2D eigenvalue weighted by molar-refractivity contribution is -0.151. The van der Waals surface area contributed by atoms with E-state index in [9.17, 15) is 14.7 Å². The molecule has 0 radical (unpaired) electrons. The summed E-state index contributed by atoms with van der Waals surface area (Å²) in [6.07, 6.45) is 4.26. The molecule has 1 heterocycles. The van der Waals surface area contributed by atoms with Crippen molar-refractivity contribution in [2.45, 2.75) is 45.4 Å². The topological polar surface area (TPSA) is 92.4 Å². The van der Waals surface area contributed by atoms with Crippen LogP contribution in [0.4, 0.5) is 0 Å². The highest BCUT2D eigenvalue weighted by Crippen LogP contribution is 2.35. The van der Waals surface area contributed by atoms with Crippen molar-refractivity contribution in [2.75, 3.05) is 6.54 Å². The van der Waals surface area contributed by atoms with Crippen LogP contribution < -0.4 is 5.32 Å². The number of carboxylic acid groups (broad SMARTS) is 1. The SMILES string of the molecule is Cc1cc(CC(=O)NCC2(C(=O)O)CCCCC2)no1. The van der Waals surface area contributed by atoms with E-state index in [4.69, 9.17) is 4.52 Å². The number of hydrogen-bond acceptors (Lipinski definition) is 4. The van der Waals surface area contributed by atoms with Gasteiger partial charge in [-0.05, 0) is 19.8 Å². The van der Waals surface area contributed by atoms with Gasteiger partial charge in [0.15, 0.2) is 0 Å². The smallest absolute Gasteiger partial charge is 0.311 e. The first-order chi connectivity index (χ1) is 9.52. The zero-order chi connectivity index (χ0) is 14.6. The molecule has 1 fully saturated rings. The van der Waals surface area contributed by atoms with Crippen LogP contribution >= 0.6 is 0 Å². The first-order valence-electron chi connectivity index (χ1n) is 6.94. The fourth-order valence-corrected chi connectivity index (χ4v) is 2.69. The van der Waals surface area contributed by atoms with Crippen molar-refractivity contribution in [3.8, 4) is 0 Å². The summed E-state index contributed by atoms with van der Waals surface area (Å²) >= 11 is 0. The fourth-order valence-electron chi connectivity index (χ4n) is 2.69. The standard InChI is InChI=1S/C14H20N2O4/c1-10-7-11(16-20-10)8-12(17)15-9-14(13(18)19)5-3-2-4-6-14/h7H,2-6,8-9H2,1H3,(H,15,17)(H,18,19). The Morgan fingerprint density at radius 1 is 1.40 bits per heavy atom. The minimum Gasteiger partial charge on any atom is -0.481 e. The Balaban J connectivity index is 1.89. The predicted molar refractivity (Wildman–Crippen MR) is 71.1 cm³/mol. The molecule has 2 N–H and O–H groups in total. The minimum absolute atomic E-state index is 0.118. The number of nitrogens with zero attached hydrogens (tertiary/aromatic N) is 1. The molecule has 1 aromatic heterocycles. The second kappa shape index (κ2) is 6.07. The van der Waals surface area contributed by atoms with E-state index in [1.165, 1.54) is 0 Å². The van der Waals surface area contributed by atoms with Crippen molar-refractivity contribution < 1.29 is 19.2 Å². The van der Waals surface area contributed by atoms with Gasteiger partial charge in [-0.2, -0.15) is 0 Å². The molecule has 0 saturated heterocycles. The molecule has 1 aromatic rings. The van der Waals surface area contributed by atoms with E-state index in [0.717, 1.165) is 19.3 Å². The first-order valence-corrected chi connectivity index (χ1v) is 6.94. The largest absolute Gasteiger partial charge is 0.481 e. The van der Waals surface area contributed by atoms with Crippen molar-refractivity contribution in [2.24, 2.45) is 5.41 Å². The molecule has 2 rings (SSSR count). The average Bonchev–Trinajstić information content (AvgIpc) is 2.83. The highest BCUT2D eigenvalue weighted by atomic mass is 16.5. The number of amides is 1. The number of carbonyl (C=O) groups is 2. The van der Waals surface area contributed by atoms with Gasteiger partial charge in [-0.3, -0.25) is 9.59 Å². The quantitative estimate of drug-likeness (QED) is 0.856. The Labute approximate surface area is 117 Å². The molecule has 0 atom stereocenters. The van der Waals surface area contributed by atoms with Crippen molar-refractivity contribution in [3.63, 3.8) is 0 Å². The molecule has 1 saturated carbocycles. The van der Waals surface area contributed by atoms with Crippen LogP contribution in [0.25, 0.3) is 0 Å². The molecule has 0 bridgehead atoms. The summed E-state index contributed by atoms with van der Waals surface area (Å²) in [5, 5.41) is 15.9. The maximum absolute atomic E-state index is 11.8. The van der Waals surface area contributed by atoms with Crippen molar-refractivity contribution in [1.82, 2.24) is 10.5 Å². The monoisotopic (exact) mass is 280 g/mol. The van der Waals surface area contributed by atoms with Gasteiger partial charge in [0.25, 0.3) is 0 Å². The zero-order valence-electron chi connectivity index (χ0n) is 11.6. The molecule has 20 heavy (non-hydrogen) atoms. The van der Waals surface area contributed by atoms with Gasteiger partial charge in [0.2, 0.25) is 5.91 Å². The van der Waals surface area contributed by atoms with E-state index in [0.29, 0.717) is 24.3 Å². The molecule has 1 aliphatic rings. The van der Waals surface area contributed by atoms with Crippen molar-refractivity contribution in [1.29, 1.82) is 0 Å². The Morgan fingerprint density at radius 2 is 2.10 bits per heavy atom. The molecule has 0 aliphatic heterocycles. The lowest BCUT2D eigenvalue weighted by Crippen LogP contribution is -2.44. The van der Waals surface area contributed by atoms with Gasteiger partial charge >= 0.3 is 5.97 Å². The summed E-state index contributed by atoms with van der Waals surface area (Å²) < 4.78 is 4.89. The summed E-state index contributed by atoms with van der Waals surface area (Å²) in [5.41, 5.74) is -0.235. The van der Waals surface area contributed by atoms with E-state index in [-0.39, 0.29) is 18.9 Å². The van der Waals surface area contributed by atoms with Gasteiger partial charge in [0.05, 0.1) is 17.5 Å². The second-order valence-corrected chi connectivity index (χ2v) is 5.53. The third kappa shape index (κ3) is 3.37. The number of aryl methyl sites for hydroxylation is 1. The van der Waals surface area contributed by atoms with Crippen LogP contribution in [-0.4, -0.2) is 28.7 Å². The van der Waals surface area contributed by atoms with Crippen LogP contribution in [-0.2, 0) is 16.0 Å². The van der Waals surface area contributed by atoms with Crippen LogP contribution in [0.1, 0.15) is 43.6 Å². The summed E-state index contributed by atoms with van der Waals surface area (Å²) in [6.45, 7) is 1.95. The number of aliphatic carboxylic acids is 1. The number of carbonyl (C=O) groups excluding carboxylic acids is 1. The predicted octanol–water partition coefficient (Wildman–Crippen LogP) is 1.68. The van der Waals surface area contributed by atoms with E-state index >= 15 is 0 Å². The van der Waals surface area contributed by atoms with Gasteiger partial charge in [0.1, 0.15) is 5.76 Å². The van der Waals surface area contributed by atoms with Crippen LogP contribution in [0.5, 0.6) is 0 Å². The van der Waals surface area contributed by atoms with Crippen LogP contribution in [0.3, 0.4) is 0 Å². The zero-order valence-corrected chi connectivity index (χ0v) is 11.6. The molecule has 0 spiro atoms. The number of hydrogen-bond donors (Lipinski definition) is 2. The lowest BCUT2D eigenvalue weighted by atomic mass is 9.74. The van der Waals surface area contributed by atoms with E-state index in [2.05, 4.69) is 10.5 Å². The first kappa shape index (κ1) is 14.6. The van der Waals surface area contributed by atoms with Crippen molar-refractivity contribution >= 4 is 11.9 Å². The second-order valence-electron chi connectivity index (χ2n) is 5.53. The van der Waals surface area contributed by atoms with Crippen molar-refractivity contribution in [3.05, 3.63) is 17.5 Å². The number of carboxylic acids is 1. The van der Waals surface area contributed by atoms with Crippen LogP contribution in [0, 0.1) is 12.3 Å². The summed E-state index contributed by atoms with van der Waals surface area (Å²) in [7, 11) is 0. The van der Waals surface area contributed by atoms with Gasteiger partial charge in [-0.1, -0.05) is 24.4 Å². The molecule has 1 aliphatic carbocycles. The van der Waals surface area contributed by atoms with E-state index in [1.807, 2.05) is 0 Å².